The summed E-state index contributed by atoms with van der Waals surface area (Å²) >= 11 is 0. The summed E-state index contributed by atoms with van der Waals surface area (Å²) in [7, 11) is 1.51. The highest BCUT2D eigenvalue weighted by Gasteiger charge is 2.32. The number of methoxy groups -OCH3 is 1. The van der Waals surface area contributed by atoms with Crippen LogP contribution in [-0.4, -0.2) is 58.7 Å². The highest BCUT2D eigenvalue weighted by atomic mass is 16.5. The van der Waals surface area contributed by atoms with Gasteiger partial charge in [-0.3, -0.25) is 9.69 Å². The van der Waals surface area contributed by atoms with Crippen LogP contribution in [0.5, 0.6) is 11.5 Å². The first-order valence-electron chi connectivity index (χ1n) is 8.57. The second kappa shape index (κ2) is 6.76. The van der Waals surface area contributed by atoms with Crippen LogP contribution in [0.1, 0.15) is 12.1 Å². The third-order valence-corrected chi connectivity index (χ3v) is 4.85. The SMILES string of the molecule is COc1ccc(-c2nccc(C3=CCN4CCNC(=O)C4C3)n2)cc1O. The van der Waals surface area contributed by atoms with Gasteiger partial charge in [0.2, 0.25) is 5.91 Å². The van der Waals surface area contributed by atoms with E-state index in [9.17, 15) is 9.90 Å². The lowest BCUT2D eigenvalue weighted by molar-refractivity contribution is -0.128. The van der Waals surface area contributed by atoms with Gasteiger partial charge in [0.1, 0.15) is 0 Å². The van der Waals surface area contributed by atoms with Crippen molar-refractivity contribution in [3.63, 3.8) is 0 Å². The number of nitrogens with one attached hydrogen (secondary N) is 1. The Hall–Kier alpha value is -2.93. The number of rotatable bonds is 3. The third-order valence-electron chi connectivity index (χ3n) is 4.85. The number of carbonyl (C=O) groups is 1. The van der Waals surface area contributed by atoms with E-state index in [1.165, 1.54) is 7.11 Å². The molecule has 0 aliphatic carbocycles. The first kappa shape index (κ1) is 16.5. The third kappa shape index (κ3) is 3.01. The molecule has 1 aromatic heterocycles. The van der Waals surface area contributed by atoms with Crippen LogP contribution < -0.4 is 10.1 Å². The first-order valence-corrected chi connectivity index (χ1v) is 8.57. The lowest BCUT2D eigenvalue weighted by Crippen LogP contribution is -2.56. The van der Waals surface area contributed by atoms with Crippen LogP contribution in [0.3, 0.4) is 0 Å². The second-order valence-electron chi connectivity index (χ2n) is 6.39. The van der Waals surface area contributed by atoms with Gasteiger partial charge in [0, 0.05) is 31.4 Å². The van der Waals surface area contributed by atoms with Crippen LogP contribution in [0.4, 0.5) is 0 Å². The molecule has 3 heterocycles. The van der Waals surface area contributed by atoms with E-state index >= 15 is 0 Å². The van der Waals surface area contributed by atoms with Crippen molar-refractivity contribution in [2.45, 2.75) is 12.5 Å². The van der Waals surface area contributed by atoms with Gasteiger partial charge in [-0.05, 0) is 36.3 Å². The summed E-state index contributed by atoms with van der Waals surface area (Å²) in [5.41, 5.74) is 2.56. The Balaban J connectivity index is 1.63. The second-order valence-corrected chi connectivity index (χ2v) is 6.39. The standard InChI is InChI=1S/C19H20N4O3/c1-26-17-3-2-13(11-16(17)24)18-20-6-4-14(22-18)12-5-8-23-9-7-21-19(25)15(23)10-12/h2-6,11,15,24H,7-10H2,1H3,(H,21,25). The number of hydrogen-bond donors (Lipinski definition) is 2. The molecule has 2 aromatic rings. The maximum atomic E-state index is 12.1. The normalized spacial score (nSPS) is 20.1. The molecule has 0 spiro atoms. The van der Waals surface area contributed by atoms with E-state index in [4.69, 9.17) is 4.74 Å². The Morgan fingerprint density at radius 2 is 2.23 bits per heavy atom. The number of amides is 1. The van der Waals surface area contributed by atoms with Crippen molar-refractivity contribution in [3.05, 3.63) is 42.2 Å². The number of piperazine rings is 1. The summed E-state index contributed by atoms with van der Waals surface area (Å²) < 4.78 is 5.07. The van der Waals surface area contributed by atoms with Crippen molar-refractivity contribution in [3.8, 4) is 22.9 Å². The fraction of sp³-hybridized carbons (Fsp3) is 0.316. The van der Waals surface area contributed by atoms with E-state index in [0.29, 0.717) is 30.1 Å². The van der Waals surface area contributed by atoms with Gasteiger partial charge in [-0.2, -0.15) is 0 Å². The molecule has 4 rings (SSSR count). The molecule has 134 valence electrons. The van der Waals surface area contributed by atoms with Crippen LogP contribution in [0.2, 0.25) is 0 Å². The molecule has 0 saturated carbocycles. The van der Waals surface area contributed by atoms with E-state index in [0.717, 1.165) is 24.4 Å². The summed E-state index contributed by atoms with van der Waals surface area (Å²) in [6.07, 6.45) is 4.47. The molecule has 7 nitrogen and oxygen atoms in total. The molecular weight excluding hydrogens is 332 g/mol. The number of ether oxygens (including phenoxy) is 1. The summed E-state index contributed by atoms with van der Waals surface area (Å²) in [4.78, 5) is 23.3. The average molecular weight is 352 g/mol. The minimum absolute atomic E-state index is 0.0467. The Morgan fingerprint density at radius 3 is 3.04 bits per heavy atom. The van der Waals surface area contributed by atoms with Gasteiger partial charge in [-0.15, -0.1) is 0 Å². The maximum absolute atomic E-state index is 12.1. The number of fused-ring (bicyclic) bond motifs is 1. The molecule has 1 unspecified atom stereocenters. The van der Waals surface area contributed by atoms with E-state index in [1.807, 2.05) is 12.1 Å². The fourth-order valence-corrected chi connectivity index (χ4v) is 3.44. The lowest BCUT2D eigenvalue weighted by Gasteiger charge is -2.37. The van der Waals surface area contributed by atoms with E-state index in [2.05, 4.69) is 26.3 Å². The molecule has 0 bridgehead atoms. The summed E-state index contributed by atoms with van der Waals surface area (Å²) in [6, 6.07) is 6.80. The summed E-state index contributed by atoms with van der Waals surface area (Å²) in [5, 5.41) is 12.9. The molecule has 1 fully saturated rings. The highest BCUT2D eigenvalue weighted by Crippen LogP contribution is 2.31. The number of hydrogen-bond acceptors (Lipinski definition) is 6. The highest BCUT2D eigenvalue weighted by molar-refractivity contribution is 5.85. The zero-order chi connectivity index (χ0) is 18.1. The molecule has 2 aliphatic rings. The lowest BCUT2D eigenvalue weighted by atomic mass is 9.95. The maximum Gasteiger partial charge on any atom is 0.237 e. The minimum Gasteiger partial charge on any atom is -0.504 e. The van der Waals surface area contributed by atoms with Crippen molar-refractivity contribution in [2.24, 2.45) is 0 Å². The number of nitrogens with zero attached hydrogens (tertiary/aromatic N) is 3. The molecule has 1 amide bonds. The van der Waals surface area contributed by atoms with E-state index in [1.54, 1.807) is 18.3 Å². The smallest absolute Gasteiger partial charge is 0.237 e. The van der Waals surface area contributed by atoms with Crippen LogP contribution in [-0.2, 0) is 4.79 Å². The molecule has 1 atom stereocenters. The molecule has 1 saturated heterocycles. The monoisotopic (exact) mass is 352 g/mol. The van der Waals surface area contributed by atoms with Gasteiger partial charge in [-0.1, -0.05) is 6.08 Å². The van der Waals surface area contributed by atoms with Gasteiger partial charge in [0.15, 0.2) is 17.3 Å². The zero-order valence-electron chi connectivity index (χ0n) is 14.5. The number of aromatic hydroxyl groups is 1. The first-order chi connectivity index (χ1) is 12.7. The summed E-state index contributed by atoms with van der Waals surface area (Å²) in [6.45, 7) is 2.33. The Bertz CT molecular complexity index is 881. The number of benzene rings is 1. The van der Waals surface area contributed by atoms with Gasteiger partial charge in [0.25, 0.3) is 0 Å². The largest absolute Gasteiger partial charge is 0.504 e. The topological polar surface area (TPSA) is 87.6 Å². The molecule has 1 aromatic carbocycles. The van der Waals surface area contributed by atoms with Crippen LogP contribution >= 0.6 is 0 Å². The zero-order valence-corrected chi connectivity index (χ0v) is 14.5. The minimum atomic E-state index is -0.132. The van der Waals surface area contributed by atoms with Crippen molar-refractivity contribution >= 4 is 11.5 Å². The van der Waals surface area contributed by atoms with Crippen molar-refractivity contribution in [2.75, 3.05) is 26.7 Å². The van der Waals surface area contributed by atoms with E-state index < -0.39 is 0 Å². The fourth-order valence-electron chi connectivity index (χ4n) is 3.44. The molecule has 2 N–H and O–H groups in total. The number of phenols is 1. The van der Waals surface area contributed by atoms with Gasteiger partial charge in [-0.25, -0.2) is 9.97 Å². The van der Waals surface area contributed by atoms with E-state index in [-0.39, 0.29) is 17.7 Å². The Morgan fingerprint density at radius 1 is 1.35 bits per heavy atom. The molecular formula is C19H20N4O3. The van der Waals surface area contributed by atoms with Crippen molar-refractivity contribution < 1.29 is 14.6 Å². The number of aromatic nitrogens is 2. The van der Waals surface area contributed by atoms with Gasteiger partial charge < -0.3 is 15.2 Å². The van der Waals surface area contributed by atoms with Crippen molar-refractivity contribution in [1.82, 2.24) is 20.2 Å². The predicted molar refractivity (Wildman–Crippen MR) is 96.6 cm³/mol. The van der Waals surface area contributed by atoms with Crippen LogP contribution in [0.15, 0.2) is 36.5 Å². The number of carbonyl (C=O) groups excluding carboxylic acids is 1. The van der Waals surface area contributed by atoms with Gasteiger partial charge in [0.05, 0.1) is 18.8 Å². The number of phenolic OH excluding ortho intramolecular Hbond substituents is 1. The Labute approximate surface area is 151 Å². The average Bonchev–Trinajstić information content (AvgIpc) is 2.68. The predicted octanol–water partition coefficient (Wildman–Crippen LogP) is 1.45. The van der Waals surface area contributed by atoms with Crippen molar-refractivity contribution in [1.29, 1.82) is 0 Å². The Kier molecular flexibility index (Phi) is 4.30. The van der Waals surface area contributed by atoms with Crippen LogP contribution in [0, 0.1) is 0 Å². The molecule has 7 heteroatoms. The summed E-state index contributed by atoms with van der Waals surface area (Å²) in [5.74, 6) is 1.06. The van der Waals surface area contributed by atoms with Crippen LogP contribution in [0.25, 0.3) is 17.0 Å². The molecule has 26 heavy (non-hydrogen) atoms. The molecule has 2 aliphatic heterocycles. The van der Waals surface area contributed by atoms with Gasteiger partial charge >= 0.3 is 0 Å². The quantitative estimate of drug-likeness (QED) is 0.869. The molecule has 0 radical (unpaired) electrons.